The third-order valence-electron chi connectivity index (χ3n) is 7.70. The fourth-order valence-electron chi connectivity index (χ4n) is 5.82. The Morgan fingerprint density at radius 1 is 1.12 bits per heavy atom. The van der Waals surface area contributed by atoms with Crippen LogP contribution in [0, 0.1) is 17.8 Å². The van der Waals surface area contributed by atoms with Gasteiger partial charge in [-0.05, 0) is 56.2 Å². The van der Waals surface area contributed by atoms with Gasteiger partial charge in [0.1, 0.15) is 5.69 Å². The molecule has 2 N–H and O–H groups in total. The summed E-state index contributed by atoms with van der Waals surface area (Å²) in [4.78, 5) is 47.2. The summed E-state index contributed by atoms with van der Waals surface area (Å²) in [6.45, 7) is 9.75. The average Bonchev–Trinajstić information content (AvgIpc) is 3.30. The van der Waals surface area contributed by atoms with Crippen LogP contribution in [0.25, 0.3) is 5.69 Å². The number of aromatic nitrogens is 2. The lowest BCUT2D eigenvalue weighted by atomic mass is 9.88. The van der Waals surface area contributed by atoms with E-state index in [1.54, 1.807) is 11.7 Å². The van der Waals surface area contributed by atoms with Gasteiger partial charge in [0.15, 0.2) is 0 Å². The molecule has 4 rings (SSSR count). The first kappa shape index (κ1) is 30.0. The first-order valence-electron chi connectivity index (χ1n) is 14.6. The number of para-hydroxylation sites is 1. The van der Waals surface area contributed by atoms with Gasteiger partial charge < -0.3 is 29.6 Å². The Bertz CT molecular complexity index is 1150. The number of piperidine rings is 1. The molecule has 2 amide bonds. The molecule has 1 aromatic heterocycles. The molecule has 0 unspecified atom stereocenters. The molecule has 2 fully saturated rings. The number of aromatic amines is 1. The van der Waals surface area contributed by atoms with E-state index >= 15 is 0 Å². The highest BCUT2D eigenvalue weighted by molar-refractivity contribution is 5.93. The van der Waals surface area contributed by atoms with Crippen molar-refractivity contribution in [3.05, 3.63) is 52.2 Å². The number of nitrogens with one attached hydrogen (secondary N) is 2. The van der Waals surface area contributed by atoms with Crippen LogP contribution in [0.3, 0.4) is 0 Å². The van der Waals surface area contributed by atoms with Gasteiger partial charge in [0.25, 0.3) is 5.91 Å². The second kappa shape index (κ2) is 14.6. The number of unbranched alkanes of at least 4 members (excludes halogenated alkanes) is 1. The predicted molar refractivity (Wildman–Crippen MR) is 154 cm³/mol. The molecular formula is C30H45N5O5. The van der Waals surface area contributed by atoms with Crippen molar-refractivity contribution in [2.24, 2.45) is 17.8 Å². The molecule has 1 aromatic carbocycles. The number of amides is 2. The molecule has 0 radical (unpaired) electrons. The van der Waals surface area contributed by atoms with Crippen LogP contribution in [0.1, 0.15) is 49.3 Å². The maximum atomic E-state index is 14.1. The Kier molecular flexibility index (Phi) is 11.0. The summed E-state index contributed by atoms with van der Waals surface area (Å²) in [5.74, 6) is 0.288. The van der Waals surface area contributed by atoms with Crippen molar-refractivity contribution in [1.29, 1.82) is 0 Å². The van der Waals surface area contributed by atoms with E-state index in [-0.39, 0.29) is 35.3 Å². The maximum absolute atomic E-state index is 14.1. The second-order valence-electron chi connectivity index (χ2n) is 11.4. The maximum Gasteiger partial charge on any atom is 0.330 e. The molecule has 2 atom stereocenters. The SMILES string of the molecule is COCCCCc1c(C(=O)N(CC(C)C)C[C@@H]2CNC[C@H](C(=O)N3CCOCC3)C2)[nH]c(=O)n1-c1ccccc1. The number of imidazole rings is 1. The Morgan fingerprint density at radius 2 is 1.88 bits per heavy atom. The molecule has 0 spiro atoms. The molecule has 10 heteroatoms. The first-order chi connectivity index (χ1) is 19.4. The second-order valence-corrected chi connectivity index (χ2v) is 11.4. The van der Waals surface area contributed by atoms with Gasteiger partial charge in [-0.15, -0.1) is 0 Å². The van der Waals surface area contributed by atoms with Gasteiger partial charge in [0.05, 0.1) is 30.5 Å². The highest BCUT2D eigenvalue weighted by Crippen LogP contribution is 2.23. The zero-order chi connectivity index (χ0) is 28.5. The number of hydrogen-bond acceptors (Lipinski definition) is 6. The summed E-state index contributed by atoms with van der Waals surface area (Å²) in [5.41, 5.74) is 1.49. The number of benzene rings is 1. The van der Waals surface area contributed by atoms with E-state index in [9.17, 15) is 14.4 Å². The van der Waals surface area contributed by atoms with Crippen molar-refractivity contribution < 1.29 is 19.1 Å². The number of hydrogen-bond donors (Lipinski definition) is 2. The molecule has 10 nitrogen and oxygen atoms in total. The minimum atomic E-state index is -0.309. The Morgan fingerprint density at radius 3 is 2.58 bits per heavy atom. The van der Waals surface area contributed by atoms with Crippen molar-refractivity contribution in [2.75, 3.05) is 66.2 Å². The smallest absolute Gasteiger partial charge is 0.330 e. The molecular weight excluding hydrogens is 510 g/mol. The number of morpholine rings is 1. The number of nitrogens with zero attached hydrogens (tertiary/aromatic N) is 3. The van der Waals surface area contributed by atoms with Crippen molar-refractivity contribution in [1.82, 2.24) is 24.7 Å². The van der Waals surface area contributed by atoms with Gasteiger partial charge >= 0.3 is 5.69 Å². The quantitative estimate of drug-likeness (QED) is 0.389. The lowest BCUT2D eigenvalue weighted by Crippen LogP contribution is -2.51. The number of methoxy groups -OCH3 is 1. The molecule has 0 bridgehead atoms. The molecule has 0 saturated carbocycles. The van der Waals surface area contributed by atoms with Gasteiger partial charge in [0, 0.05) is 46.4 Å². The molecule has 2 saturated heterocycles. The van der Waals surface area contributed by atoms with E-state index in [1.807, 2.05) is 40.1 Å². The molecule has 0 aliphatic carbocycles. The predicted octanol–water partition coefficient (Wildman–Crippen LogP) is 2.32. The third kappa shape index (κ3) is 7.62. The highest BCUT2D eigenvalue weighted by Gasteiger charge is 2.33. The summed E-state index contributed by atoms with van der Waals surface area (Å²) < 4.78 is 12.3. The van der Waals surface area contributed by atoms with E-state index < -0.39 is 0 Å². The summed E-state index contributed by atoms with van der Waals surface area (Å²) in [7, 11) is 1.67. The van der Waals surface area contributed by atoms with Crippen molar-refractivity contribution in [3.8, 4) is 5.69 Å². The summed E-state index contributed by atoms with van der Waals surface area (Å²) in [6.07, 6.45) is 2.94. The van der Waals surface area contributed by atoms with Crippen LogP contribution in [0.15, 0.2) is 35.1 Å². The Labute approximate surface area is 237 Å². The molecule has 220 valence electrons. The average molecular weight is 556 g/mol. The van der Waals surface area contributed by atoms with Crippen LogP contribution < -0.4 is 11.0 Å². The molecule has 2 aliphatic rings. The minimum Gasteiger partial charge on any atom is -0.385 e. The van der Waals surface area contributed by atoms with Crippen LogP contribution in [-0.4, -0.2) is 97.4 Å². The van der Waals surface area contributed by atoms with Crippen molar-refractivity contribution >= 4 is 11.8 Å². The summed E-state index contributed by atoms with van der Waals surface area (Å²) in [5, 5.41) is 3.44. The standard InChI is InChI=1S/C30H45N5O5/c1-22(2)20-34(21-23-17-24(19-31-18-23)28(36)33-12-15-40-16-13-33)29(37)27-26(11-7-8-14-39-3)35(30(38)32-27)25-9-5-4-6-10-25/h4-6,9-10,22-24,31H,7-8,11-21H2,1-3H3,(H,32,38)/t23-,24+/m0/s1. The largest absolute Gasteiger partial charge is 0.385 e. The molecule has 3 heterocycles. The van der Waals surface area contributed by atoms with Crippen LogP contribution in [0.4, 0.5) is 0 Å². The number of carbonyl (C=O) groups excluding carboxylic acids is 2. The summed E-state index contributed by atoms with van der Waals surface area (Å²) in [6, 6.07) is 9.45. The summed E-state index contributed by atoms with van der Waals surface area (Å²) >= 11 is 0. The monoisotopic (exact) mass is 555 g/mol. The van der Waals surface area contributed by atoms with Gasteiger partial charge in [-0.3, -0.25) is 14.2 Å². The van der Waals surface area contributed by atoms with Gasteiger partial charge in [-0.2, -0.15) is 0 Å². The van der Waals surface area contributed by atoms with Crippen molar-refractivity contribution in [2.45, 2.75) is 39.5 Å². The number of carbonyl (C=O) groups is 2. The fraction of sp³-hybridized carbons (Fsp3) is 0.633. The van der Waals surface area contributed by atoms with Gasteiger partial charge in [-0.25, -0.2) is 4.79 Å². The molecule has 2 aliphatic heterocycles. The van der Waals surface area contributed by atoms with E-state index in [0.29, 0.717) is 70.4 Å². The normalized spacial score (nSPS) is 19.6. The fourth-order valence-corrected chi connectivity index (χ4v) is 5.82. The van der Waals surface area contributed by atoms with Crippen LogP contribution >= 0.6 is 0 Å². The van der Waals surface area contributed by atoms with E-state index in [0.717, 1.165) is 31.5 Å². The Hall–Kier alpha value is -2.95. The zero-order valence-corrected chi connectivity index (χ0v) is 24.2. The number of ether oxygens (including phenoxy) is 2. The van der Waals surface area contributed by atoms with E-state index in [2.05, 4.69) is 24.1 Å². The highest BCUT2D eigenvalue weighted by atomic mass is 16.5. The van der Waals surface area contributed by atoms with Crippen LogP contribution in [0.2, 0.25) is 0 Å². The lowest BCUT2D eigenvalue weighted by molar-refractivity contribution is -0.140. The minimum absolute atomic E-state index is 0.108. The lowest BCUT2D eigenvalue weighted by Gasteiger charge is -2.37. The molecule has 2 aromatic rings. The number of rotatable bonds is 12. The van der Waals surface area contributed by atoms with Crippen LogP contribution in [-0.2, 0) is 20.7 Å². The van der Waals surface area contributed by atoms with E-state index in [4.69, 9.17) is 9.47 Å². The Balaban J connectivity index is 1.55. The first-order valence-corrected chi connectivity index (χ1v) is 14.6. The van der Waals surface area contributed by atoms with Gasteiger partial charge in [-0.1, -0.05) is 32.0 Å². The van der Waals surface area contributed by atoms with E-state index in [1.165, 1.54) is 0 Å². The topological polar surface area (TPSA) is 109 Å². The molecule has 40 heavy (non-hydrogen) atoms. The zero-order valence-electron chi connectivity index (χ0n) is 24.2. The number of H-pyrrole nitrogens is 1. The van der Waals surface area contributed by atoms with Gasteiger partial charge in [0.2, 0.25) is 5.91 Å². The third-order valence-corrected chi connectivity index (χ3v) is 7.70. The van der Waals surface area contributed by atoms with Crippen LogP contribution in [0.5, 0.6) is 0 Å². The van der Waals surface area contributed by atoms with Crippen molar-refractivity contribution in [3.63, 3.8) is 0 Å².